The minimum absolute atomic E-state index is 0.566. The predicted octanol–water partition coefficient (Wildman–Crippen LogP) is 11.2. The summed E-state index contributed by atoms with van der Waals surface area (Å²) >= 11 is 0. The van der Waals surface area contributed by atoms with E-state index in [2.05, 4.69) is 109 Å². The summed E-state index contributed by atoms with van der Waals surface area (Å²) in [5.74, 6) is 1.95. The van der Waals surface area contributed by atoms with Gasteiger partial charge in [0.1, 0.15) is 11.2 Å². The van der Waals surface area contributed by atoms with Crippen LogP contribution in [0.2, 0.25) is 0 Å². The molecule has 0 amide bonds. The van der Waals surface area contributed by atoms with Crippen LogP contribution in [0, 0.1) is 0 Å². The molecule has 11 rings (SSSR count). The normalized spacial score (nSPS) is 15.0. The molecule has 2 aromatic heterocycles. The van der Waals surface area contributed by atoms with Crippen LogP contribution in [-0.2, 0) is 5.41 Å². The molecule has 3 aliphatic rings. The lowest BCUT2D eigenvalue weighted by Crippen LogP contribution is -2.27. The molecule has 8 aromatic rings. The van der Waals surface area contributed by atoms with Gasteiger partial charge in [-0.2, -0.15) is 0 Å². The number of furan rings is 1. The topological polar surface area (TPSA) is 51.8 Å². The van der Waals surface area contributed by atoms with Gasteiger partial charge in [-0.15, -0.1) is 0 Å². The highest BCUT2D eigenvalue weighted by Crippen LogP contribution is 2.67. The molecule has 234 valence electrons. The van der Waals surface area contributed by atoms with E-state index in [9.17, 15) is 0 Å². The molecule has 0 radical (unpaired) electrons. The monoisotopic (exact) mass is 639 g/mol. The second-order valence-electron chi connectivity index (χ2n) is 13.3. The smallest absolute Gasteiger partial charge is 0.164 e. The number of fused-ring (bicyclic) bond motifs is 14. The third-order valence-electron chi connectivity index (χ3n) is 10.8. The van der Waals surface area contributed by atoms with Crippen molar-refractivity contribution in [1.82, 2.24) is 15.0 Å². The van der Waals surface area contributed by atoms with Crippen LogP contribution < -0.4 is 0 Å². The molecule has 0 N–H and O–H groups in total. The third-order valence-corrected chi connectivity index (χ3v) is 10.8. The Labute approximate surface area is 289 Å². The van der Waals surface area contributed by atoms with Crippen LogP contribution in [0.5, 0.6) is 0 Å². The highest BCUT2D eigenvalue weighted by Gasteiger charge is 2.56. The summed E-state index contributed by atoms with van der Waals surface area (Å²) in [5.41, 5.74) is 14.1. The molecule has 50 heavy (non-hydrogen) atoms. The lowest BCUT2D eigenvalue weighted by molar-refractivity contribution is 0.666. The van der Waals surface area contributed by atoms with Gasteiger partial charge in [-0.25, -0.2) is 15.0 Å². The molecule has 0 saturated carbocycles. The van der Waals surface area contributed by atoms with Crippen molar-refractivity contribution in [2.24, 2.45) is 0 Å². The molecule has 0 saturated heterocycles. The van der Waals surface area contributed by atoms with Crippen molar-refractivity contribution >= 4 is 27.5 Å². The Kier molecular flexibility index (Phi) is 5.68. The molecule has 3 aliphatic carbocycles. The van der Waals surface area contributed by atoms with E-state index in [4.69, 9.17) is 19.4 Å². The van der Waals surface area contributed by atoms with E-state index in [0.717, 1.165) is 57.0 Å². The number of allylic oxidation sites excluding steroid dienone is 4. The predicted molar refractivity (Wildman–Crippen MR) is 200 cm³/mol. The Balaban J connectivity index is 1.34. The molecule has 4 heteroatoms. The number of nitrogens with zero attached hydrogens (tertiary/aromatic N) is 3. The zero-order valence-electron chi connectivity index (χ0n) is 27.1. The molecule has 0 bridgehead atoms. The largest absolute Gasteiger partial charge is 0.455 e. The van der Waals surface area contributed by atoms with E-state index in [1.165, 1.54) is 39.0 Å². The number of hydrogen-bond acceptors (Lipinski definition) is 4. The van der Waals surface area contributed by atoms with Gasteiger partial charge >= 0.3 is 0 Å². The maximum Gasteiger partial charge on any atom is 0.164 e. The second-order valence-corrected chi connectivity index (χ2v) is 13.3. The molecule has 1 spiro atoms. The number of aromatic nitrogens is 3. The first-order chi connectivity index (χ1) is 24.8. The summed E-state index contributed by atoms with van der Waals surface area (Å²) < 4.78 is 6.88. The molecule has 6 aromatic carbocycles. The van der Waals surface area contributed by atoms with E-state index < -0.39 is 5.41 Å². The van der Waals surface area contributed by atoms with Gasteiger partial charge in [-0.3, -0.25) is 0 Å². The standard InChI is InChI=1S/C46H29N3O/c1-3-15-28(16-4-1)43-47-44(29-17-5-2-6-18-29)49-45(48-43)35-27-34-32-21-10-14-26-39(32)50-42(34)40-33-22-9-13-25-38(33)46(41(35)40)36-23-11-7-19-30(36)31-20-8-12-24-37(31)46/h1-8,10-12,14-27H,9,13H2. The Morgan fingerprint density at radius 3 is 1.74 bits per heavy atom. The maximum atomic E-state index is 6.88. The van der Waals surface area contributed by atoms with Crippen LogP contribution in [0.4, 0.5) is 0 Å². The van der Waals surface area contributed by atoms with Crippen LogP contribution in [0.1, 0.15) is 35.1 Å². The number of hydrogen-bond donors (Lipinski definition) is 0. The fraction of sp³-hybridized carbons (Fsp3) is 0.0652. The van der Waals surface area contributed by atoms with Gasteiger partial charge in [-0.1, -0.05) is 140 Å². The Morgan fingerprint density at radius 2 is 1.06 bits per heavy atom. The van der Waals surface area contributed by atoms with Crippen molar-refractivity contribution in [2.75, 3.05) is 0 Å². The summed E-state index contributed by atoms with van der Waals surface area (Å²) in [4.78, 5) is 15.7. The van der Waals surface area contributed by atoms with Crippen LogP contribution in [-0.4, -0.2) is 15.0 Å². The number of para-hydroxylation sites is 1. The molecule has 0 unspecified atom stereocenters. The van der Waals surface area contributed by atoms with Crippen LogP contribution >= 0.6 is 0 Å². The van der Waals surface area contributed by atoms with E-state index >= 15 is 0 Å². The SMILES string of the molecule is C1=C2C(=CCC1)C1(c3ccccc3-c3ccccc31)c1c(-c3nc(-c4ccccc4)nc(-c4ccccc4)n3)cc3c(oc4ccccc43)c12. The maximum absolute atomic E-state index is 6.88. The first-order valence-electron chi connectivity index (χ1n) is 17.3. The lowest BCUT2D eigenvalue weighted by Gasteiger charge is -2.33. The van der Waals surface area contributed by atoms with Crippen LogP contribution in [0.25, 0.3) is 72.8 Å². The van der Waals surface area contributed by atoms with Gasteiger partial charge in [0.05, 0.1) is 5.41 Å². The van der Waals surface area contributed by atoms with E-state index in [-0.39, 0.29) is 0 Å². The van der Waals surface area contributed by atoms with Crippen molar-refractivity contribution in [1.29, 1.82) is 0 Å². The molecule has 0 atom stereocenters. The Morgan fingerprint density at radius 1 is 0.500 bits per heavy atom. The summed E-state index contributed by atoms with van der Waals surface area (Å²) in [6.45, 7) is 0. The first-order valence-corrected chi connectivity index (χ1v) is 17.3. The van der Waals surface area contributed by atoms with Crippen molar-refractivity contribution in [2.45, 2.75) is 18.3 Å². The summed E-state index contributed by atoms with van der Waals surface area (Å²) in [5, 5.41) is 2.15. The van der Waals surface area contributed by atoms with Gasteiger partial charge in [0.2, 0.25) is 0 Å². The second kappa shape index (κ2) is 10.3. The summed E-state index contributed by atoms with van der Waals surface area (Å²) in [6.07, 6.45) is 6.87. The van der Waals surface area contributed by atoms with Gasteiger partial charge in [0, 0.05) is 33.0 Å². The van der Waals surface area contributed by atoms with Crippen LogP contribution in [0.15, 0.2) is 162 Å². The van der Waals surface area contributed by atoms with Gasteiger partial charge in [0.15, 0.2) is 17.5 Å². The summed E-state index contributed by atoms with van der Waals surface area (Å²) in [6, 6.07) is 49.0. The van der Waals surface area contributed by atoms with Crippen LogP contribution in [0.3, 0.4) is 0 Å². The van der Waals surface area contributed by atoms with Crippen molar-refractivity contribution in [3.8, 4) is 45.3 Å². The van der Waals surface area contributed by atoms with Gasteiger partial charge in [-0.05, 0) is 63.9 Å². The average Bonchev–Trinajstić information content (AvgIpc) is 3.82. The fourth-order valence-electron chi connectivity index (χ4n) is 8.81. The fourth-order valence-corrected chi connectivity index (χ4v) is 8.81. The minimum Gasteiger partial charge on any atom is -0.455 e. The van der Waals surface area contributed by atoms with E-state index in [0.29, 0.717) is 17.5 Å². The zero-order chi connectivity index (χ0) is 32.8. The molecule has 0 aliphatic heterocycles. The van der Waals surface area contributed by atoms with Gasteiger partial charge in [0.25, 0.3) is 0 Å². The van der Waals surface area contributed by atoms with Gasteiger partial charge < -0.3 is 4.42 Å². The average molecular weight is 640 g/mol. The first kappa shape index (κ1) is 27.5. The zero-order valence-corrected chi connectivity index (χ0v) is 27.1. The van der Waals surface area contributed by atoms with E-state index in [1.807, 2.05) is 42.5 Å². The quantitative estimate of drug-likeness (QED) is 0.193. The van der Waals surface area contributed by atoms with Crippen molar-refractivity contribution < 1.29 is 4.42 Å². The molecular formula is C46H29N3O. The highest BCUT2D eigenvalue weighted by atomic mass is 16.3. The van der Waals surface area contributed by atoms with Crippen molar-refractivity contribution in [3.63, 3.8) is 0 Å². The molecule has 0 fully saturated rings. The molecular weight excluding hydrogens is 611 g/mol. The lowest BCUT2D eigenvalue weighted by atomic mass is 9.68. The Hall–Kier alpha value is -6.39. The van der Waals surface area contributed by atoms with Crippen molar-refractivity contribution in [3.05, 3.63) is 180 Å². The number of rotatable bonds is 3. The van der Waals surface area contributed by atoms with E-state index in [1.54, 1.807) is 0 Å². The molecule has 4 nitrogen and oxygen atoms in total. The Bertz CT molecular complexity index is 2650. The highest BCUT2D eigenvalue weighted by molar-refractivity contribution is 6.16. The minimum atomic E-state index is -0.566. The number of benzene rings is 6. The summed E-state index contributed by atoms with van der Waals surface area (Å²) in [7, 11) is 0. The third kappa shape index (κ3) is 3.62. The molecule has 2 heterocycles.